The summed E-state index contributed by atoms with van der Waals surface area (Å²) in [7, 11) is 0. The Morgan fingerprint density at radius 1 is 0.379 bits per heavy atom. The van der Waals surface area contributed by atoms with Crippen LogP contribution in [0.1, 0.15) is 62.7 Å². The number of benzene rings is 10. The first-order valence-electron chi connectivity index (χ1n) is 29.8. The molecule has 0 aliphatic carbocycles. The van der Waals surface area contributed by atoms with Crippen LogP contribution in [0.2, 0.25) is 0 Å². The molecule has 0 saturated heterocycles. The number of fused-ring (bicyclic) bond motifs is 10. The van der Waals surface area contributed by atoms with Crippen LogP contribution in [0.15, 0.2) is 206 Å². The minimum Gasteiger partial charge on any atom is -0.310 e. The molecule has 0 amide bonds. The van der Waals surface area contributed by atoms with Gasteiger partial charge < -0.3 is 18.3 Å². The highest BCUT2D eigenvalue weighted by Gasteiger charge is 2.37. The van der Waals surface area contributed by atoms with Crippen molar-refractivity contribution in [3.63, 3.8) is 0 Å². The van der Waals surface area contributed by atoms with Gasteiger partial charge in [0.25, 0.3) is 0 Å². The van der Waals surface area contributed by atoms with E-state index in [-0.39, 0.29) is 0 Å². The molecule has 418 valence electrons. The molecule has 10 aromatic carbocycles. The summed E-state index contributed by atoms with van der Waals surface area (Å²) in [5, 5.41) is 20.8. The molecular formula is C79H62N8. The molecule has 0 unspecified atom stereocenters. The lowest BCUT2D eigenvalue weighted by atomic mass is 9.97. The van der Waals surface area contributed by atoms with E-state index in [1.54, 1.807) is 0 Å². The Morgan fingerprint density at radius 2 is 0.678 bits per heavy atom. The lowest BCUT2D eigenvalue weighted by Gasteiger charge is -2.29. The fraction of sp³-hybridized carbons (Fsp3) is 0.114. The fourth-order valence-electron chi connectivity index (χ4n) is 13.6. The Hall–Kier alpha value is -10.9. The van der Waals surface area contributed by atoms with E-state index in [0.29, 0.717) is 40.0 Å². The maximum atomic E-state index is 13.2. The normalized spacial score (nSPS) is 12.1. The molecule has 8 nitrogen and oxygen atoms in total. The number of allylic oxidation sites excluding steroid dienone is 2. The molecule has 0 spiro atoms. The first-order chi connectivity index (χ1) is 42.3. The van der Waals surface area contributed by atoms with Crippen molar-refractivity contribution in [1.29, 1.82) is 5.26 Å². The van der Waals surface area contributed by atoms with Crippen LogP contribution in [0, 0.1) is 66.7 Å². The maximum absolute atomic E-state index is 13.2. The van der Waals surface area contributed by atoms with Gasteiger partial charge in [-0.2, -0.15) is 5.26 Å². The van der Waals surface area contributed by atoms with E-state index in [4.69, 9.17) is 15.0 Å². The highest BCUT2D eigenvalue weighted by atomic mass is 15.1. The number of nitrogens with zero attached hydrogens (tertiary/aromatic N) is 8. The molecule has 87 heavy (non-hydrogen) atoms. The van der Waals surface area contributed by atoms with Crippen molar-refractivity contribution in [3.05, 3.63) is 262 Å². The lowest BCUT2D eigenvalue weighted by molar-refractivity contribution is 0.982. The van der Waals surface area contributed by atoms with Crippen molar-refractivity contribution in [1.82, 2.24) is 33.2 Å². The van der Waals surface area contributed by atoms with Gasteiger partial charge in [0, 0.05) is 60.1 Å². The summed E-state index contributed by atoms with van der Waals surface area (Å²) in [4.78, 5) is 17.1. The van der Waals surface area contributed by atoms with Gasteiger partial charge in [0.05, 0.1) is 66.9 Å². The van der Waals surface area contributed by atoms with Gasteiger partial charge in [-0.3, -0.25) is 0 Å². The van der Waals surface area contributed by atoms with Crippen molar-refractivity contribution in [3.8, 4) is 63.0 Å². The Morgan fingerprint density at radius 3 is 1.01 bits per heavy atom. The van der Waals surface area contributed by atoms with Crippen LogP contribution in [0.3, 0.4) is 0 Å². The smallest absolute Gasteiger partial charge is 0.168 e. The predicted molar refractivity (Wildman–Crippen MR) is 362 cm³/mol. The molecule has 0 aliphatic heterocycles. The van der Waals surface area contributed by atoms with Gasteiger partial charge in [-0.1, -0.05) is 160 Å². The molecule has 0 saturated carbocycles. The quantitative estimate of drug-likeness (QED) is 0.135. The summed E-state index contributed by atoms with van der Waals surface area (Å²) in [5.74, 6) is 1.46. The van der Waals surface area contributed by atoms with E-state index in [2.05, 4.69) is 251 Å². The maximum Gasteiger partial charge on any atom is 0.168 e. The Balaban J connectivity index is 1.33. The Labute approximate surface area is 505 Å². The van der Waals surface area contributed by atoms with E-state index >= 15 is 0 Å². The van der Waals surface area contributed by atoms with Gasteiger partial charge in [-0.15, -0.1) is 0 Å². The second-order valence-electron chi connectivity index (χ2n) is 23.9. The van der Waals surface area contributed by atoms with Crippen LogP contribution in [0.25, 0.3) is 139 Å². The van der Waals surface area contributed by atoms with Crippen LogP contribution in [-0.2, 0) is 0 Å². The largest absolute Gasteiger partial charge is 0.310 e. The second-order valence-corrected chi connectivity index (χ2v) is 23.9. The summed E-state index contributed by atoms with van der Waals surface area (Å²) in [6, 6.07) is 70.7. The summed E-state index contributed by atoms with van der Waals surface area (Å²) in [5.41, 5.74) is 23.4. The van der Waals surface area contributed by atoms with Crippen LogP contribution in [-0.4, -0.2) is 33.2 Å². The zero-order valence-electron chi connectivity index (χ0n) is 50.3. The zero-order valence-corrected chi connectivity index (χ0v) is 50.3. The van der Waals surface area contributed by atoms with Gasteiger partial charge in [0.15, 0.2) is 17.5 Å². The minimum atomic E-state index is 0.433. The number of hydrogen-bond acceptors (Lipinski definition) is 4. The monoisotopic (exact) mass is 1120 g/mol. The van der Waals surface area contributed by atoms with E-state index in [1.807, 2.05) is 42.5 Å². The highest BCUT2D eigenvalue weighted by molar-refractivity contribution is 6.16. The Bertz CT molecular complexity index is 5280. The van der Waals surface area contributed by atoms with E-state index in [1.165, 1.54) is 0 Å². The van der Waals surface area contributed by atoms with Crippen molar-refractivity contribution in [2.75, 3.05) is 0 Å². The van der Waals surface area contributed by atoms with Crippen molar-refractivity contribution < 1.29 is 0 Å². The predicted octanol–water partition coefficient (Wildman–Crippen LogP) is 20.0. The number of hydrogen-bond donors (Lipinski definition) is 0. The van der Waals surface area contributed by atoms with Gasteiger partial charge in [0.2, 0.25) is 0 Å². The number of aryl methyl sites for hydroxylation is 7. The summed E-state index contributed by atoms with van der Waals surface area (Å²) in [6.07, 6.45) is 4.14. The summed E-state index contributed by atoms with van der Waals surface area (Å²) < 4.78 is 9.57. The van der Waals surface area contributed by atoms with Gasteiger partial charge in [-0.05, 0) is 153 Å². The second kappa shape index (κ2) is 20.1. The zero-order chi connectivity index (χ0) is 59.7. The summed E-state index contributed by atoms with van der Waals surface area (Å²) >= 11 is 0. The van der Waals surface area contributed by atoms with Gasteiger partial charge in [-0.25, -0.2) is 15.0 Å². The molecule has 5 aromatic heterocycles. The first kappa shape index (κ1) is 52.9. The highest BCUT2D eigenvalue weighted by Crippen LogP contribution is 2.52. The third kappa shape index (κ3) is 8.29. The average molecular weight is 1120 g/mol. The lowest BCUT2D eigenvalue weighted by Crippen LogP contribution is -2.18. The molecule has 0 N–H and O–H groups in total. The minimum absolute atomic E-state index is 0.433. The van der Waals surface area contributed by atoms with Crippen LogP contribution in [0.4, 0.5) is 0 Å². The molecule has 0 fully saturated rings. The van der Waals surface area contributed by atoms with Crippen LogP contribution >= 0.6 is 0 Å². The van der Waals surface area contributed by atoms with E-state index < -0.39 is 0 Å². The number of rotatable bonds is 9. The first-order valence-corrected chi connectivity index (χ1v) is 29.8. The molecule has 0 aliphatic rings. The molecule has 0 bridgehead atoms. The van der Waals surface area contributed by atoms with Crippen LogP contribution < -0.4 is 0 Å². The Kier molecular flexibility index (Phi) is 12.2. The average Bonchev–Trinajstić information content (AvgIpc) is 1.64. The third-order valence-corrected chi connectivity index (χ3v) is 17.7. The molecule has 0 atom stereocenters. The molecular weight excluding hydrogens is 1060 g/mol. The molecule has 15 rings (SSSR count). The fourth-order valence-corrected chi connectivity index (χ4v) is 13.6. The van der Waals surface area contributed by atoms with Gasteiger partial charge in [0.1, 0.15) is 11.6 Å². The summed E-state index contributed by atoms with van der Waals surface area (Å²) in [6.45, 7) is 23.6. The topological polar surface area (TPSA) is 82.2 Å². The number of nitriles is 1. The SMILES string of the molecule is C=C/C(C)=C\c1c(C)n(-c2c(C#N)c(-n3c4ccc(C)cc4c4cc(C)ccc43)c(-n3c4ccc(C)cc4c4cc(C)ccc43)c(-c3nc(-c4ccccc4)nc(-c4ccccc4)n3)c2-n2c3ccc(C)cc3c3cc(C)ccc32)c2ccc(C)cc12. The van der Waals surface area contributed by atoms with E-state index in [0.717, 1.165) is 155 Å². The van der Waals surface area contributed by atoms with Crippen molar-refractivity contribution in [2.45, 2.75) is 62.3 Å². The standard InChI is InChI=1S/C79H62N8/c1-11-45(2)36-56-53(10)84(65-29-22-46(3)37-57(56)65)73-64(44-80)74(85-66-30-23-47(4)38-58(66)59-39-48(5)24-31-67(59)85)76(87-70-34-27-51(8)42-62(70)63-43-52(9)28-35-71(63)87)72(75(73)86-68-32-25-49(6)40-60(68)61-41-50(7)26-33-69(61)86)79-82-77(54-18-14-12-15-19-54)81-78(83-79)55-20-16-13-17-21-55/h11-43H,1H2,2-10H3/b45-36-. The van der Waals surface area contributed by atoms with Crippen molar-refractivity contribution >= 4 is 82.4 Å². The molecule has 0 radical (unpaired) electrons. The van der Waals surface area contributed by atoms with Crippen molar-refractivity contribution in [2.24, 2.45) is 0 Å². The van der Waals surface area contributed by atoms with Crippen LogP contribution in [0.5, 0.6) is 0 Å². The molecule has 15 aromatic rings. The van der Waals surface area contributed by atoms with E-state index in [9.17, 15) is 5.26 Å². The third-order valence-electron chi connectivity index (χ3n) is 17.7. The van der Waals surface area contributed by atoms with Gasteiger partial charge >= 0.3 is 0 Å². The molecule has 5 heterocycles. The molecule has 8 heteroatoms. The number of aromatic nitrogens is 7.